The maximum atomic E-state index is 8.90. The topological polar surface area (TPSA) is 77.0 Å². The highest BCUT2D eigenvalue weighted by Gasteiger charge is 2.08. The molecule has 0 amide bonds. The van der Waals surface area contributed by atoms with Crippen LogP contribution in [0.25, 0.3) is 0 Å². The van der Waals surface area contributed by atoms with Gasteiger partial charge in [-0.2, -0.15) is 5.26 Å². The fourth-order valence-corrected chi connectivity index (χ4v) is 2.91. The minimum Gasteiger partial charge on any atom is -0.325 e. The molecule has 0 unspecified atom stereocenters. The number of aromatic nitrogens is 1. The first-order valence-electron chi connectivity index (χ1n) is 7.31. The van der Waals surface area contributed by atoms with Gasteiger partial charge in [0.15, 0.2) is 0 Å². The normalized spacial score (nSPS) is 11.1. The first-order chi connectivity index (χ1) is 11.7. The third-order valence-electron chi connectivity index (χ3n) is 3.25. The summed E-state index contributed by atoms with van der Waals surface area (Å²) in [5.41, 5.74) is 2.56. The van der Waals surface area contributed by atoms with Crippen LogP contribution in [0.4, 0.5) is 11.4 Å². The summed E-state index contributed by atoms with van der Waals surface area (Å²) in [6, 6.07) is 20.6. The maximum absolute atomic E-state index is 8.90. The summed E-state index contributed by atoms with van der Waals surface area (Å²) in [6.45, 7) is 1.96. The highest BCUT2D eigenvalue weighted by molar-refractivity contribution is 7.07. The van der Waals surface area contributed by atoms with E-state index in [4.69, 9.17) is 10.7 Å². The summed E-state index contributed by atoms with van der Waals surface area (Å²) in [5.74, 6) is 0.550. The lowest BCUT2D eigenvalue weighted by Crippen LogP contribution is -2.28. The van der Waals surface area contributed by atoms with Crippen molar-refractivity contribution in [2.75, 3.05) is 5.32 Å². The van der Waals surface area contributed by atoms with Gasteiger partial charge in [0.25, 0.3) is 0 Å². The molecule has 3 rings (SSSR count). The molecular weight excluding hydrogens is 318 g/mol. The van der Waals surface area contributed by atoms with E-state index in [1.54, 1.807) is 34.3 Å². The van der Waals surface area contributed by atoms with E-state index < -0.39 is 0 Å². The monoisotopic (exact) mass is 333 g/mol. The number of aliphatic imine (C=N–C) groups is 1. The van der Waals surface area contributed by atoms with E-state index in [1.807, 2.05) is 37.3 Å². The number of hydrogen-bond donors (Lipinski definition) is 2. The molecule has 6 heteroatoms. The number of nitrogens with zero attached hydrogens (tertiary/aromatic N) is 3. The third kappa shape index (κ3) is 3.59. The fraction of sp³-hybridized carbons (Fsp3) is 0.0556. The molecule has 1 heterocycles. The Morgan fingerprint density at radius 3 is 2.46 bits per heavy atom. The lowest BCUT2D eigenvalue weighted by Gasteiger charge is -2.10. The lowest BCUT2D eigenvalue weighted by molar-refractivity contribution is 1.07. The van der Waals surface area contributed by atoms with Crippen LogP contribution in [0.15, 0.2) is 65.7 Å². The average molecular weight is 333 g/mol. The first-order valence-corrected chi connectivity index (χ1v) is 8.09. The fourth-order valence-electron chi connectivity index (χ4n) is 2.14. The SMILES string of the molecule is Cc1cc(=N)n(C(=Nc2ccc(C#N)cc2)Nc2ccccc2)s1. The molecule has 0 saturated heterocycles. The minimum atomic E-state index is 0.369. The van der Waals surface area contributed by atoms with Crippen molar-refractivity contribution >= 4 is 28.9 Å². The molecule has 0 bridgehead atoms. The number of benzene rings is 2. The highest BCUT2D eigenvalue weighted by atomic mass is 32.1. The largest absolute Gasteiger partial charge is 0.325 e. The van der Waals surface area contributed by atoms with Crippen molar-refractivity contribution in [3.63, 3.8) is 0 Å². The van der Waals surface area contributed by atoms with E-state index in [0.29, 0.717) is 22.7 Å². The Kier molecular flexibility index (Phi) is 4.54. The Morgan fingerprint density at radius 2 is 1.88 bits per heavy atom. The molecule has 118 valence electrons. The molecule has 0 aliphatic heterocycles. The van der Waals surface area contributed by atoms with Crippen LogP contribution in [0, 0.1) is 23.7 Å². The Hall–Kier alpha value is -3.17. The first kappa shape index (κ1) is 15.7. The van der Waals surface area contributed by atoms with E-state index in [0.717, 1.165) is 10.6 Å². The summed E-state index contributed by atoms with van der Waals surface area (Å²) < 4.78 is 1.74. The van der Waals surface area contributed by atoms with Crippen molar-refractivity contribution in [2.45, 2.75) is 6.92 Å². The van der Waals surface area contributed by atoms with E-state index in [9.17, 15) is 0 Å². The van der Waals surface area contributed by atoms with Crippen molar-refractivity contribution in [1.29, 1.82) is 10.7 Å². The zero-order chi connectivity index (χ0) is 16.9. The van der Waals surface area contributed by atoms with Crippen molar-refractivity contribution < 1.29 is 0 Å². The Morgan fingerprint density at radius 1 is 1.17 bits per heavy atom. The number of hydrogen-bond acceptors (Lipinski definition) is 4. The molecule has 2 aromatic carbocycles. The predicted molar refractivity (Wildman–Crippen MR) is 96.6 cm³/mol. The van der Waals surface area contributed by atoms with Gasteiger partial charge >= 0.3 is 0 Å². The van der Waals surface area contributed by atoms with Crippen LogP contribution in [-0.2, 0) is 0 Å². The number of nitriles is 1. The molecule has 0 aliphatic rings. The Bertz CT molecular complexity index is 959. The Balaban J connectivity index is 2.03. The quantitative estimate of drug-likeness (QED) is 0.552. The molecule has 0 radical (unpaired) electrons. The van der Waals surface area contributed by atoms with E-state index >= 15 is 0 Å². The predicted octanol–water partition coefficient (Wildman–Crippen LogP) is 3.86. The number of anilines is 1. The van der Waals surface area contributed by atoms with Gasteiger partial charge < -0.3 is 5.32 Å². The van der Waals surface area contributed by atoms with Gasteiger partial charge in [-0.1, -0.05) is 29.7 Å². The zero-order valence-corrected chi connectivity index (χ0v) is 13.8. The molecule has 1 aromatic heterocycles. The molecule has 5 nitrogen and oxygen atoms in total. The number of para-hydroxylation sites is 1. The molecule has 2 N–H and O–H groups in total. The van der Waals surface area contributed by atoms with Gasteiger partial charge in [-0.15, -0.1) is 0 Å². The van der Waals surface area contributed by atoms with E-state index in [2.05, 4.69) is 16.4 Å². The summed E-state index contributed by atoms with van der Waals surface area (Å²) in [7, 11) is 0. The van der Waals surface area contributed by atoms with Gasteiger partial charge in [-0.3, -0.25) is 5.41 Å². The van der Waals surface area contributed by atoms with Gasteiger partial charge in [0.2, 0.25) is 5.96 Å². The zero-order valence-electron chi connectivity index (χ0n) is 13.0. The maximum Gasteiger partial charge on any atom is 0.223 e. The number of aryl methyl sites for hydroxylation is 1. The van der Waals surface area contributed by atoms with Crippen LogP contribution in [0.3, 0.4) is 0 Å². The van der Waals surface area contributed by atoms with Crippen molar-refractivity contribution in [3.05, 3.63) is 76.6 Å². The molecule has 0 fully saturated rings. The average Bonchev–Trinajstić information content (AvgIpc) is 2.94. The summed E-state index contributed by atoms with van der Waals surface area (Å²) in [6.07, 6.45) is 0. The van der Waals surface area contributed by atoms with Gasteiger partial charge in [0.1, 0.15) is 5.49 Å². The standard InChI is InChI=1S/C18H15N5S/c1-13-11-17(20)23(24-13)18(21-15-5-3-2-4-6-15)22-16-9-7-14(12-19)8-10-16/h2-11,20H,1H3,(H,21,22). The van der Waals surface area contributed by atoms with Crippen molar-refractivity contribution in [1.82, 2.24) is 3.96 Å². The summed E-state index contributed by atoms with van der Waals surface area (Å²) >= 11 is 1.45. The highest BCUT2D eigenvalue weighted by Crippen LogP contribution is 2.16. The second-order valence-electron chi connectivity index (χ2n) is 5.11. The Labute approximate surface area is 143 Å². The second-order valence-corrected chi connectivity index (χ2v) is 6.30. The van der Waals surface area contributed by atoms with Gasteiger partial charge in [-0.05, 0) is 49.4 Å². The van der Waals surface area contributed by atoms with Gasteiger partial charge in [0, 0.05) is 10.6 Å². The second kappa shape index (κ2) is 6.94. The minimum absolute atomic E-state index is 0.369. The van der Waals surface area contributed by atoms with E-state index in [-0.39, 0.29) is 0 Å². The van der Waals surface area contributed by atoms with Crippen LogP contribution in [0.5, 0.6) is 0 Å². The van der Waals surface area contributed by atoms with Crippen molar-refractivity contribution in [3.8, 4) is 6.07 Å². The lowest BCUT2D eigenvalue weighted by atomic mass is 10.2. The van der Waals surface area contributed by atoms with E-state index in [1.165, 1.54) is 11.5 Å². The van der Waals surface area contributed by atoms with Crippen LogP contribution in [0.2, 0.25) is 0 Å². The van der Waals surface area contributed by atoms with Crippen LogP contribution < -0.4 is 10.8 Å². The molecular formula is C18H15N5S. The van der Waals surface area contributed by atoms with Crippen LogP contribution >= 0.6 is 11.5 Å². The molecule has 0 aliphatic carbocycles. The smallest absolute Gasteiger partial charge is 0.223 e. The van der Waals surface area contributed by atoms with Crippen molar-refractivity contribution in [2.24, 2.45) is 4.99 Å². The summed E-state index contributed by atoms with van der Waals surface area (Å²) in [5, 5.41) is 20.3. The molecule has 0 saturated carbocycles. The molecule has 0 spiro atoms. The molecule has 0 atom stereocenters. The number of nitrogens with one attached hydrogen (secondary N) is 2. The van der Waals surface area contributed by atoms with Crippen LogP contribution in [0.1, 0.15) is 10.4 Å². The van der Waals surface area contributed by atoms with Gasteiger partial charge in [0.05, 0.1) is 17.3 Å². The molecule has 24 heavy (non-hydrogen) atoms. The third-order valence-corrected chi connectivity index (χ3v) is 4.21. The van der Waals surface area contributed by atoms with Gasteiger partial charge in [-0.25, -0.2) is 8.95 Å². The summed E-state index contributed by atoms with van der Waals surface area (Å²) in [4.78, 5) is 5.65. The van der Waals surface area contributed by atoms with Crippen LogP contribution in [-0.4, -0.2) is 9.92 Å². The molecule has 3 aromatic rings. The number of rotatable bonds is 2.